The summed E-state index contributed by atoms with van der Waals surface area (Å²) in [5.74, 6) is 0.648. The van der Waals surface area contributed by atoms with Gasteiger partial charge in [-0.25, -0.2) is 9.97 Å². The summed E-state index contributed by atoms with van der Waals surface area (Å²) in [6.07, 6.45) is 0. The van der Waals surface area contributed by atoms with Crippen molar-refractivity contribution < 1.29 is 0 Å². The largest absolute Gasteiger partial charge is 0.309 e. The topological polar surface area (TPSA) is 35.6 Å². The van der Waals surface area contributed by atoms with Gasteiger partial charge in [-0.1, -0.05) is 140 Å². The van der Waals surface area contributed by atoms with Crippen LogP contribution in [0.15, 0.2) is 170 Å². The molecule has 0 N–H and O–H groups in total. The highest BCUT2D eigenvalue weighted by Gasteiger charge is 2.25. The average molecular weight is 613 g/mol. The van der Waals surface area contributed by atoms with Crippen molar-refractivity contribution >= 4 is 54.4 Å². The van der Waals surface area contributed by atoms with Crippen molar-refractivity contribution in [2.24, 2.45) is 0 Å². The van der Waals surface area contributed by atoms with Gasteiger partial charge in [0.05, 0.1) is 33.5 Å². The van der Waals surface area contributed by atoms with Crippen molar-refractivity contribution in [3.8, 4) is 34.2 Å². The van der Waals surface area contributed by atoms with Crippen LogP contribution < -0.4 is 0 Å². The molecule has 224 valence electrons. The molecule has 0 saturated heterocycles. The second-order valence-corrected chi connectivity index (χ2v) is 12.2. The van der Waals surface area contributed by atoms with Crippen molar-refractivity contribution in [3.63, 3.8) is 0 Å². The van der Waals surface area contributed by atoms with Gasteiger partial charge in [-0.15, -0.1) is 0 Å². The first-order chi connectivity index (χ1) is 23.8. The average Bonchev–Trinajstić information content (AvgIpc) is 3.70. The molecule has 0 bridgehead atoms. The van der Waals surface area contributed by atoms with E-state index in [4.69, 9.17) is 9.97 Å². The Morgan fingerprint density at radius 2 is 0.812 bits per heavy atom. The molecule has 0 amide bonds. The summed E-state index contributed by atoms with van der Waals surface area (Å²) in [7, 11) is 0. The number of rotatable bonds is 4. The second kappa shape index (κ2) is 10.5. The molecule has 4 heteroatoms. The predicted octanol–water partition coefficient (Wildman–Crippen LogP) is 11.2. The molecule has 3 aromatic heterocycles. The molecule has 0 atom stereocenters. The summed E-state index contributed by atoms with van der Waals surface area (Å²) in [4.78, 5) is 10.7. The number of fused-ring (bicyclic) bond motifs is 10. The van der Waals surface area contributed by atoms with Gasteiger partial charge < -0.3 is 4.57 Å². The first kappa shape index (κ1) is 26.7. The summed E-state index contributed by atoms with van der Waals surface area (Å²) in [6.45, 7) is 0. The van der Waals surface area contributed by atoms with Gasteiger partial charge in [0.15, 0.2) is 0 Å². The van der Waals surface area contributed by atoms with Crippen LogP contribution >= 0.6 is 0 Å². The number of para-hydroxylation sites is 3. The molecular formula is C44H28N4. The Kier molecular flexibility index (Phi) is 5.84. The summed E-state index contributed by atoms with van der Waals surface area (Å²) >= 11 is 0. The molecule has 10 rings (SSSR count). The lowest BCUT2D eigenvalue weighted by molar-refractivity contribution is 0.998. The second-order valence-electron chi connectivity index (χ2n) is 12.2. The lowest BCUT2D eigenvalue weighted by Gasteiger charge is -2.14. The molecule has 7 aromatic carbocycles. The van der Waals surface area contributed by atoms with Crippen LogP contribution in [0.2, 0.25) is 0 Å². The molecule has 10 aromatic rings. The van der Waals surface area contributed by atoms with Crippen molar-refractivity contribution in [2.75, 3.05) is 0 Å². The van der Waals surface area contributed by atoms with Crippen molar-refractivity contribution in [1.82, 2.24) is 19.1 Å². The molecule has 0 aliphatic carbocycles. The summed E-state index contributed by atoms with van der Waals surface area (Å²) in [5.41, 5.74) is 9.53. The Hall–Kier alpha value is -6.52. The SMILES string of the molecule is c1ccc(-c2cc(-c3ccccc3)nc(-n3c4ccccc4c4c5ccccc5c5c(c6ccccc6n5-c5ccccc5)c43)n2)cc1. The zero-order valence-electron chi connectivity index (χ0n) is 26.0. The van der Waals surface area contributed by atoms with Gasteiger partial charge in [0, 0.05) is 43.7 Å². The summed E-state index contributed by atoms with van der Waals surface area (Å²) in [5, 5.41) is 7.19. The standard InChI is InChI=1S/C44H28N4/c1-4-16-29(17-5-1)36-28-37(30-18-6-2-7-19-30)46-44(45-36)48-39-27-15-12-24-34(39)40-32-22-10-11-23-33(32)42-41(43(40)48)35-25-13-14-26-38(35)47(42)31-20-8-3-9-21-31/h1-28H. The van der Waals surface area contributed by atoms with E-state index in [-0.39, 0.29) is 0 Å². The van der Waals surface area contributed by atoms with Crippen LogP contribution in [0, 0.1) is 0 Å². The van der Waals surface area contributed by atoms with Crippen LogP contribution in [0.4, 0.5) is 0 Å². The summed E-state index contributed by atoms with van der Waals surface area (Å²) < 4.78 is 4.73. The molecule has 0 fully saturated rings. The van der Waals surface area contributed by atoms with Crippen LogP contribution in [0.25, 0.3) is 88.5 Å². The number of benzene rings is 7. The smallest absolute Gasteiger partial charge is 0.235 e. The van der Waals surface area contributed by atoms with Crippen LogP contribution in [-0.4, -0.2) is 19.1 Å². The molecule has 0 saturated carbocycles. The van der Waals surface area contributed by atoms with Gasteiger partial charge in [0.2, 0.25) is 5.95 Å². The Balaban J connectivity index is 1.45. The minimum atomic E-state index is 0.648. The third kappa shape index (κ3) is 3.90. The van der Waals surface area contributed by atoms with E-state index in [9.17, 15) is 0 Å². The number of hydrogen-bond acceptors (Lipinski definition) is 2. The molecular weight excluding hydrogens is 585 g/mol. The van der Waals surface area contributed by atoms with Gasteiger partial charge >= 0.3 is 0 Å². The molecule has 0 radical (unpaired) electrons. The van der Waals surface area contributed by atoms with Gasteiger partial charge in [-0.2, -0.15) is 0 Å². The number of hydrogen-bond donors (Lipinski definition) is 0. The quantitative estimate of drug-likeness (QED) is 0.198. The Bertz CT molecular complexity index is 2760. The Morgan fingerprint density at radius 1 is 0.354 bits per heavy atom. The van der Waals surface area contributed by atoms with Crippen LogP contribution in [0.5, 0.6) is 0 Å². The number of nitrogens with zero attached hydrogens (tertiary/aromatic N) is 4. The van der Waals surface area contributed by atoms with E-state index >= 15 is 0 Å². The lowest BCUT2D eigenvalue weighted by atomic mass is 9.99. The zero-order chi connectivity index (χ0) is 31.6. The van der Waals surface area contributed by atoms with Crippen molar-refractivity contribution in [3.05, 3.63) is 170 Å². The maximum absolute atomic E-state index is 5.35. The van der Waals surface area contributed by atoms with E-state index < -0.39 is 0 Å². The molecule has 0 unspecified atom stereocenters. The van der Waals surface area contributed by atoms with E-state index in [1.165, 1.54) is 37.8 Å². The molecule has 48 heavy (non-hydrogen) atoms. The van der Waals surface area contributed by atoms with E-state index in [0.29, 0.717) is 5.95 Å². The molecule has 0 aliphatic heterocycles. The van der Waals surface area contributed by atoms with E-state index in [2.05, 4.69) is 167 Å². The summed E-state index contributed by atoms with van der Waals surface area (Å²) in [6, 6.07) is 59.9. The lowest BCUT2D eigenvalue weighted by Crippen LogP contribution is -2.04. The van der Waals surface area contributed by atoms with Crippen LogP contribution in [0.3, 0.4) is 0 Å². The monoisotopic (exact) mass is 612 g/mol. The fourth-order valence-electron chi connectivity index (χ4n) is 7.49. The van der Waals surface area contributed by atoms with Crippen molar-refractivity contribution in [1.29, 1.82) is 0 Å². The first-order valence-electron chi connectivity index (χ1n) is 16.3. The van der Waals surface area contributed by atoms with Gasteiger partial charge in [-0.05, 0) is 35.7 Å². The van der Waals surface area contributed by atoms with Gasteiger partial charge in [-0.3, -0.25) is 4.57 Å². The zero-order valence-corrected chi connectivity index (χ0v) is 26.0. The highest BCUT2D eigenvalue weighted by atomic mass is 15.2. The fraction of sp³-hybridized carbons (Fsp3) is 0. The highest BCUT2D eigenvalue weighted by Crippen LogP contribution is 2.46. The molecule has 0 spiro atoms. The minimum absolute atomic E-state index is 0.648. The minimum Gasteiger partial charge on any atom is -0.309 e. The molecule has 3 heterocycles. The van der Waals surface area contributed by atoms with Gasteiger partial charge in [0.25, 0.3) is 0 Å². The predicted molar refractivity (Wildman–Crippen MR) is 199 cm³/mol. The van der Waals surface area contributed by atoms with E-state index in [1.54, 1.807) is 0 Å². The Labute approximate surface area is 276 Å². The normalized spacial score (nSPS) is 11.8. The van der Waals surface area contributed by atoms with Gasteiger partial charge in [0.1, 0.15) is 0 Å². The van der Waals surface area contributed by atoms with Crippen LogP contribution in [-0.2, 0) is 0 Å². The maximum atomic E-state index is 5.35. The van der Waals surface area contributed by atoms with E-state index in [1.807, 2.05) is 12.1 Å². The number of aromatic nitrogens is 4. The maximum Gasteiger partial charge on any atom is 0.235 e. The van der Waals surface area contributed by atoms with E-state index in [0.717, 1.165) is 44.8 Å². The molecule has 4 nitrogen and oxygen atoms in total. The highest BCUT2D eigenvalue weighted by molar-refractivity contribution is 6.36. The van der Waals surface area contributed by atoms with Crippen LogP contribution in [0.1, 0.15) is 0 Å². The Morgan fingerprint density at radius 3 is 1.42 bits per heavy atom. The molecule has 0 aliphatic rings. The third-order valence-electron chi connectivity index (χ3n) is 9.51. The first-order valence-corrected chi connectivity index (χ1v) is 16.3. The third-order valence-corrected chi connectivity index (χ3v) is 9.51. The fourth-order valence-corrected chi connectivity index (χ4v) is 7.49. The van der Waals surface area contributed by atoms with Crippen molar-refractivity contribution in [2.45, 2.75) is 0 Å².